The van der Waals surface area contributed by atoms with Crippen LogP contribution < -0.4 is 5.32 Å². The summed E-state index contributed by atoms with van der Waals surface area (Å²) in [5.74, 6) is -0.193. The van der Waals surface area contributed by atoms with E-state index in [0.29, 0.717) is 12.1 Å². The fraction of sp³-hybridized carbons (Fsp3) is 0.692. The summed E-state index contributed by atoms with van der Waals surface area (Å²) in [5, 5.41) is 16.0. The number of carbonyl (C=O) groups excluding carboxylic acids is 1. The quantitative estimate of drug-likeness (QED) is 0.853. The molecule has 1 amide bonds. The average Bonchev–Trinajstić information content (AvgIpc) is 2.60. The van der Waals surface area contributed by atoms with Crippen LogP contribution in [0.2, 0.25) is 0 Å². The molecule has 102 valence electrons. The molecule has 5 nitrogen and oxygen atoms in total. The Morgan fingerprint density at radius 1 is 1.56 bits per heavy atom. The highest BCUT2D eigenvalue weighted by atomic mass is 16.3. The molecule has 0 saturated carbocycles. The number of hydrogen-bond donors (Lipinski definition) is 2. The van der Waals surface area contributed by atoms with E-state index in [1.54, 1.807) is 6.07 Å². The zero-order chi connectivity index (χ0) is 13.9. The third-order valence-corrected chi connectivity index (χ3v) is 2.70. The minimum absolute atomic E-state index is 0.0532. The summed E-state index contributed by atoms with van der Waals surface area (Å²) >= 11 is 0. The predicted molar refractivity (Wildman–Crippen MR) is 70.6 cm³/mol. The molecule has 0 aliphatic heterocycles. The maximum Gasteiger partial charge on any atom is 0.271 e. The Morgan fingerprint density at radius 2 is 2.17 bits per heavy atom. The van der Waals surface area contributed by atoms with E-state index in [1.807, 2.05) is 39.3 Å². The van der Waals surface area contributed by atoms with E-state index in [2.05, 4.69) is 10.4 Å². The Balaban J connectivity index is 2.82. The van der Waals surface area contributed by atoms with Gasteiger partial charge in [0, 0.05) is 18.3 Å². The van der Waals surface area contributed by atoms with Crippen LogP contribution in [0.1, 0.15) is 50.3 Å². The second-order valence-corrected chi connectivity index (χ2v) is 5.64. The Hall–Kier alpha value is -1.36. The van der Waals surface area contributed by atoms with Crippen molar-refractivity contribution in [2.75, 3.05) is 6.61 Å². The number of carbonyl (C=O) groups is 1. The molecular formula is C13H23N3O2. The summed E-state index contributed by atoms with van der Waals surface area (Å²) in [6.45, 7) is 10.0. The Kier molecular flexibility index (Phi) is 4.51. The zero-order valence-electron chi connectivity index (χ0n) is 11.8. The van der Waals surface area contributed by atoms with Gasteiger partial charge in [0.05, 0.1) is 5.54 Å². The van der Waals surface area contributed by atoms with Crippen LogP contribution in [0.3, 0.4) is 0 Å². The lowest BCUT2D eigenvalue weighted by atomic mass is 10.1. The molecule has 0 radical (unpaired) electrons. The van der Waals surface area contributed by atoms with Gasteiger partial charge in [-0.05, 0) is 47.1 Å². The molecule has 1 aromatic heterocycles. The van der Waals surface area contributed by atoms with Gasteiger partial charge in [-0.2, -0.15) is 5.10 Å². The summed E-state index contributed by atoms with van der Waals surface area (Å²) in [7, 11) is 0. The van der Waals surface area contributed by atoms with Gasteiger partial charge in [-0.25, -0.2) is 0 Å². The molecule has 0 aliphatic rings. The van der Waals surface area contributed by atoms with Crippen molar-refractivity contribution in [3.05, 3.63) is 17.5 Å². The molecule has 1 atom stereocenters. The zero-order valence-corrected chi connectivity index (χ0v) is 11.8. The van der Waals surface area contributed by atoms with Gasteiger partial charge in [-0.3, -0.25) is 9.48 Å². The van der Waals surface area contributed by atoms with E-state index in [4.69, 9.17) is 5.11 Å². The van der Waals surface area contributed by atoms with Gasteiger partial charge in [0.1, 0.15) is 5.69 Å². The van der Waals surface area contributed by atoms with E-state index >= 15 is 0 Å². The maximum atomic E-state index is 12.0. The van der Waals surface area contributed by atoms with Crippen molar-refractivity contribution in [1.29, 1.82) is 0 Å². The SMILES string of the molecule is Cc1cc(C(=O)NC(C)CCO)nn1C(C)(C)C. The first-order valence-corrected chi connectivity index (χ1v) is 6.24. The Morgan fingerprint density at radius 3 is 2.61 bits per heavy atom. The van der Waals surface area contributed by atoms with E-state index in [9.17, 15) is 4.79 Å². The van der Waals surface area contributed by atoms with E-state index in [0.717, 1.165) is 5.69 Å². The number of hydrogen-bond acceptors (Lipinski definition) is 3. The summed E-state index contributed by atoms with van der Waals surface area (Å²) in [5.41, 5.74) is 1.24. The molecule has 5 heteroatoms. The fourth-order valence-corrected chi connectivity index (χ4v) is 1.83. The highest BCUT2D eigenvalue weighted by Gasteiger charge is 2.20. The van der Waals surface area contributed by atoms with Gasteiger partial charge in [0.2, 0.25) is 0 Å². The smallest absolute Gasteiger partial charge is 0.271 e. The molecule has 0 spiro atoms. The van der Waals surface area contributed by atoms with Gasteiger partial charge in [0.15, 0.2) is 0 Å². The van der Waals surface area contributed by atoms with Crippen molar-refractivity contribution in [2.45, 2.75) is 52.6 Å². The highest BCUT2D eigenvalue weighted by Crippen LogP contribution is 2.16. The Bertz CT molecular complexity index is 418. The monoisotopic (exact) mass is 253 g/mol. The number of amides is 1. The molecule has 0 saturated heterocycles. The normalized spacial score (nSPS) is 13.4. The minimum Gasteiger partial charge on any atom is -0.396 e. The lowest BCUT2D eigenvalue weighted by molar-refractivity contribution is 0.0927. The summed E-state index contributed by atoms with van der Waals surface area (Å²) in [6, 6.07) is 1.73. The van der Waals surface area contributed by atoms with Crippen molar-refractivity contribution in [3.63, 3.8) is 0 Å². The highest BCUT2D eigenvalue weighted by molar-refractivity contribution is 5.92. The number of nitrogens with one attached hydrogen (secondary N) is 1. The summed E-state index contributed by atoms with van der Waals surface area (Å²) < 4.78 is 1.85. The van der Waals surface area contributed by atoms with Crippen LogP contribution in [0, 0.1) is 6.92 Å². The predicted octanol–water partition coefficient (Wildman–Crippen LogP) is 1.45. The van der Waals surface area contributed by atoms with Gasteiger partial charge in [-0.15, -0.1) is 0 Å². The second-order valence-electron chi connectivity index (χ2n) is 5.64. The van der Waals surface area contributed by atoms with Crippen molar-refractivity contribution in [2.24, 2.45) is 0 Å². The van der Waals surface area contributed by atoms with Crippen molar-refractivity contribution in [1.82, 2.24) is 15.1 Å². The lowest BCUT2D eigenvalue weighted by Crippen LogP contribution is -2.34. The number of aromatic nitrogens is 2. The van der Waals surface area contributed by atoms with Crippen molar-refractivity contribution >= 4 is 5.91 Å². The number of aryl methyl sites for hydroxylation is 1. The van der Waals surface area contributed by atoms with Gasteiger partial charge < -0.3 is 10.4 Å². The first-order chi connectivity index (χ1) is 8.25. The first-order valence-electron chi connectivity index (χ1n) is 6.24. The first kappa shape index (κ1) is 14.7. The summed E-state index contributed by atoms with van der Waals surface area (Å²) in [6.07, 6.45) is 0.546. The van der Waals surface area contributed by atoms with Crippen LogP contribution in [0.4, 0.5) is 0 Å². The van der Waals surface area contributed by atoms with Gasteiger partial charge in [0.25, 0.3) is 5.91 Å². The fourth-order valence-electron chi connectivity index (χ4n) is 1.83. The van der Waals surface area contributed by atoms with Crippen LogP contribution in [-0.4, -0.2) is 33.4 Å². The largest absolute Gasteiger partial charge is 0.396 e. The average molecular weight is 253 g/mol. The second kappa shape index (κ2) is 5.52. The molecule has 0 aromatic carbocycles. The van der Waals surface area contributed by atoms with E-state index in [-0.39, 0.29) is 24.1 Å². The Labute approximate surface area is 108 Å². The molecule has 0 bridgehead atoms. The van der Waals surface area contributed by atoms with E-state index in [1.165, 1.54) is 0 Å². The number of nitrogens with zero attached hydrogens (tertiary/aromatic N) is 2. The van der Waals surface area contributed by atoms with Crippen LogP contribution in [0.25, 0.3) is 0 Å². The maximum absolute atomic E-state index is 12.0. The van der Waals surface area contributed by atoms with Gasteiger partial charge >= 0.3 is 0 Å². The third kappa shape index (κ3) is 3.57. The van der Waals surface area contributed by atoms with Crippen LogP contribution in [0.15, 0.2) is 6.07 Å². The van der Waals surface area contributed by atoms with Crippen LogP contribution in [-0.2, 0) is 5.54 Å². The molecule has 2 N–H and O–H groups in total. The number of rotatable bonds is 4. The molecule has 18 heavy (non-hydrogen) atoms. The molecule has 0 fully saturated rings. The number of aliphatic hydroxyl groups is 1. The molecule has 1 rings (SSSR count). The van der Waals surface area contributed by atoms with Gasteiger partial charge in [-0.1, -0.05) is 0 Å². The molecule has 0 aliphatic carbocycles. The summed E-state index contributed by atoms with van der Waals surface area (Å²) in [4.78, 5) is 12.0. The molecular weight excluding hydrogens is 230 g/mol. The molecule has 1 aromatic rings. The van der Waals surface area contributed by atoms with Crippen LogP contribution >= 0.6 is 0 Å². The van der Waals surface area contributed by atoms with Crippen molar-refractivity contribution in [3.8, 4) is 0 Å². The van der Waals surface area contributed by atoms with E-state index < -0.39 is 0 Å². The molecule has 1 heterocycles. The topological polar surface area (TPSA) is 67.2 Å². The third-order valence-electron chi connectivity index (χ3n) is 2.70. The van der Waals surface area contributed by atoms with Crippen LogP contribution in [0.5, 0.6) is 0 Å². The lowest BCUT2D eigenvalue weighted by Gasteiger charge is -2.21. The van der Waals surface area contributed by atoms with Crippen molar-refractivity contribution < 1.29 is 9.90 Å². The number of aliphatic hydroxyl groups excluding tert-OH is 1. The minimum atomic E-state index is -0.193. The molecule has 1 unspecified atom stereocenters. The standard InChI is InChI=1S/C13H23N3O2/c1-9(6-7-17)14-12(18)11-8-10(2)16(15-11)13(3,4)5/h8-9,17H,6-7H2,1-5H3,(H,14,18).